The maximum absolute atomic E-state index is 12.9. The van der Waals surface area contributed by atoms with Crippen molar-refractivity contribution in [1.82, 2.24) is 9.47 Å². The number of amides is 1. The zero-order valence-electron chi connectivity index (χ0n) is 18.8. The van der Waals surface area contributed by atoms with E-state index in [1.54, 1.807) is 6.08 Å². The molecule has 1 amide bonds. The topological polar surface area (TPSA) is 103 Å². The van der Waals surface area contributed by atoms with Crippen LogP contribution in [0.25, 0.3) is 6.08 Å². The molecule has 7 nitrogen and oxygen atoms in total. The number of aryl methyl sites for hydroxylation is 1. The van der Waals surface area contributed by atoms with Gasteiger partial charge in [0.25, 0.3) is 11.5 Å². The van der Waals surface area contributed by atoms with Gasteiger partial charge in [0.15, 0.2) is 5.78 Å². The molecule has 0 saturated carbocycles. The van der Waals surface area contributed by atoms with Crippen molar-refractivity contribution < 1.29 is 14.7 Å². The number of aromatic hydroxyl groups is 1. The van der Waals surface area contributed by atoms with Crippen LogP contribution in [0.1, 0.15) is 45.5 Å². The predicted octanol–water partition coefficient (Wildman–Crippen LogP) is 4.09. The zero-order valence-corrected chi connectivity index (χ0v) is 20.5. The summed E-state index contributed by atoms with van der Waals surface area (Å²) in [5, 5.41) is 19.9. The summed E-state index contributed by atoms with van der Waals surface area (Å²) < 4.78 is 1.37. The number of hydrogen-bond donors (Lipinski definition) is 1. The zero-order chi connectivity index (χ0) is 25.0. The van der Waals surface area contributed by atoms with Gasteiger partial charge in [-0.3, -0.25) is 23.9 Å². The van der Waals surface area contributed by atoms with Crippen molar-refractivity contribution in [2.75, 3.05) is 6.54 Å². The van der Waals surface area contributed by atoms with Crippen LogP contribution in [0.2, 0.25) is 0 Å². The fourth-order valence-corrected chi connectivity index (χ4v) is 4.92. The quantitative estimate of drug-likeness (QED) is 0.256. The van der Waals surface area contributed by atoms with Gasteiger partial charge in [0.05, 0.1) is 10.5 Å². The smallest absolute Gasteiger partial charge is 0.271 e. The van der Waals surface area contributed by atoms with Gasteiger partial charge in [0.2, 0.25) is 5.88 Å². The first kappa shape index (κ1) is 25.1. The van der Waals surface area contributed by atoms with Crippen LogP contribution in [0.4, 0.5) is 0 Å². The van der Waals surface area contributed by atoms with Crippen molar-refractivity contribution in [1.29, 1.82) is 5.26 Å². The Morgan fingerprint density at radius 2 is 1.94 bits per heavy atom. The van der Waals surface area contributed by atoms with Crippen LogP contribution in [0.5, 0.6) is 5.88 Å². The number of ketones is 1. The van der Waals surface area contributed by atoms with Crippen LogP contribution in [-0.2, 0) is 11.3 Å². The monoisotopic (exact) mass is 493 g/mol. The Morgan fingerprint density at radius 3 is 2.56 bits per heavy atom. The molecule has 0 bridgehead atoms. The molecule has 1 aliphatic rings. The molecule has 9 heteroatoms. The van der Waals surface area contributed by atoms with E-state index in [-0.39, 0.29) is 42.1 Å². The lowest BCUT2D eigenvalue weighted by Crippen LogP contribution is -2.29. The highest BCUT2D eigenvalue weighted by Crippen LogP contribution is 2.33. The number of hydrogen-bond acceptors (Lipinski definition) is 7. The Balaban J connectivity index is 1.73. The highest BCUT2D eigenvalue weighted by atomic mass is 32.2. The molecule has 2 heterocycles. The normalized spacial score (nSPS) is 14.5. The van der Waals surface area contributed by atoms with E-state index in [1.807, 2.05) is 37.3 Å². The second kappa shape index (κ2) is 10.6. The van der Waals surface area contributed by atoms with Crippen LogP contribution >= 0.6 is 24.0 Å². The Hall–Kier alpha value is -3.48. The number of thiocarbonyl (C=S) groups is 1. The average molecular weight is 494 g/mol. The molecule has 1 aromatic heterocycles. The number of Topliss-reactive ketones (excluding diaryl/α,β-unsaturated/α-hetero) is 1. The summed E-state index contributed by atoms with van der Waals surface area (Å²) in [6.07, 6.45) is 3.48. The van der Waals surface area contributed by atoms with Crippen molar-refractivity contribution in [3.05, 3.63) is 80.0 Å². The van der Waals surface area contributed by atoms with Crippen LogP contribution in [0.15, 0.2) is 46.6 Å². The Morgan fingerprint density at radius 1 is 1.26 bits per heavy atom. The number of carbonyl (C=O) groups excluding carboxylic acids is 2. The van der Waals surface area contributed by atoms with E-state index in [1.165, 1.54) is 29.7 Å². The fraction of sp³-hybridized carbons (Fsp3) is 0.240. The molecule has 1 fully saturated rings. The lowest BCUT2D eigenvalue weighted by molar-refractivity contribution is -0.122. The first-order valence-electron chi connectivity index (χ1n) is 10.5. The third-order valence-electron chi connectivity index (χ3n) is 5.42. The van der Waals surface area contributed by atoms with Gasteiger partial charge >= 0.3 is 0 Å². The molecule has 0 aliphatic carbocycles. The lowest BCUT2D eigenvalue weighted by Gasteiger charge is -2.16. The van der Waals surface area contributed by atoms with Gasteiger partial charge in [0, 0.05) is 19.5 Å². The SMILES string of the molecule is C=CCn1c(O)c(C(=O)CCCN2C(=O)/C(=C/c3ccc(C)cc3)SC2=S)c(C)c(C#N)c1=O. The maximum Gasteiger partial charge on any atom is 0.271 e. The minimum absolute atomic E-state index is 0.000366. The molecule has 1 N–H and O–H groups in total. The van der Waals surface area contributed by atoms with Crippen LogP contribution in [0, 0.1) is 25.2 Å². The summed E-state index contributed by atoms with van der Waals surface area (Å²) in [4.78, 5) is 40.1. The van der Waals surface area contributed by atoms with Gasteiger partial charge in [-0.1, -0.05) is 59.9 Å². The van der Waals surface area contributed by atoms with Crippen LogP contribution in [0.3, 0.4) is 0 Å². The summed E-state index contributed by atoms with van der Waals surface area (Å²) in [5.74, 6) is -1.13. The van der Waals surface area contributed by atoms with Gasteiger partial charge in [-0.25, -0.2) is 0 Å². The van der Waals surface area contributed by atoms with Gasteiger partial charge in [-0.2, -0.15) is 5.26 Å². The molecule has 1 aromatic carbocycles. The third-order valence-corrected chi connectivity index (χ3v) is 6.80. The van der Waals surface area contributed by atoms with Gasteiger partial charge in [0.1, 0.15) is 16.0 Å². The predicted molar refractivity (Wildman–Crippen MR) is 137 cm³/mol. The largest absolute Gasteiger partial charge is 0.494 e. The summed E-state index contributed by atoms with van der Waals surface area (Å²) in [6, 6.07) is 9.60. The summed E-state index contributed by atoms with van der Waals surface area (Å²) in [6.45, 7) is 7.19. The van der Waals surface area contributed by atoms with Crippen molar-refractivity contribution in [3.8, 4) is 11.9 Å². The molecular formula is C25H23N3O4S2. The van der Waals surface area contributed by atoms with E-state index in [4.69, 9.17) is 12.2 Å². The van der Waals surface area contributed by atoms with E-state index in [9.17, 15) is 24.8 Å². The fourth-order valence-electron chi connectivity index (χ4n) is 3.61. The lowest BCUT2D eigenvalue weighted by atomic mass is 9.99. The van der Waals surface area contributed by atoms with Gasteiger partial charge in [-0.15, -0.1) is 6.58 Å². The highest BCUT2D eigenvalue weighted by Gasteiger charge is 2.32. The first-order chi connectivity index (χ1) is 16.2. The summed E-state index contributed by atoms with van der Waals surface area (Å²) in [7, 11) is 0. The summed E-state index contributed by atoms with van der Waals surface area (Å²) >= 11 is 6.57. The second-order valence-corrected chi connectivity index (χ2v) is 9.46. The molecule has 0 atom stereocenters. The highest BCUT2D eigenvalue weighted by molar-refractivity contribution is 8.26. The Labute approximate surface area is 207 Å². The van der Waals surface area contributed by atoms with Gasteiger partial charge < -0.3 is 5.11 Å². The maximum atomic E-state index is 12.9. The molecule has 1 aliphatic heterocycles. The van der Waals surface area contributed by atoms with E-state index < -0.39 is 17.2 Å². The molecule has 174 valence electrons. The molecular weight excluding hydrogens is 470 g/mol. The average Bonchev–Trinajstić information content (AvgIpc) is 3.06. The number of nitrogens with zero attached hydrogens (tertiary/aromatic N) is 3. The van der Waals surface area contributed by atoms with Crippen molar-refractivity contribution in [2.24, 2.45) is 0 Å². The molecule has 3 rings (SSSR count). The molecule has 2 aromatic rings. The Bertz CT molecular complexity index is 1320. The molecule has 0 spiro atoms. The Kier molecular flexibility index (Phi) is 7.87. The molecule has 1 saturated heterocycles. The number of allylic oxidation sites excluding steroid dienone is 1. The second-order valence-electron chi connectivity index (χ2n) is 7.79. The first-order valence-corrected chi connectivity index (χ1v) is 11.7. The van der Waals surface area contributed by atoms with Crippen molar-refractivity contribution >= 4 is 46.1 Å². The molecule has 0 unspecified atom stereocenters. The number of aromatic nitrogens is 1. The number of nitriles is 1. The number of carbonyl (C=O) groups is 2. The standard InChI is InChI=1S/C25H23N3O4S2/c1-4-11-27-22(30)18(14-26)16(3)21(24(27)32)19(29)6-5-12-28-23(31)20(34-25(28)33)13-17-9-7-15(2)8-10-17/h4,7-10,13,32H,1,5-6,11-12H2,2-3H3/b20-13-. The van der Waals surface area contributed by atoms with Gasteiger partial charge in [-0.05, 0) is 37.5 Å². The number of pyridine rings is 1. The molecule has 0 radical (unpaired) electrons. The van der Waals surface area contributed by atoms with Crippen molar-refractivity contribution in [2.45, 2.75) is 33.2 Å². The number of thioether (sulfide) groups is 1. The number of rotatable bonds is 8. The minimum Gasteiger partial charge on any atom is -0.494 e. The number of benzene rings is 1. The van der Waals surface area contributed by atoms with Crippen LogP contribution in [-0.4, -0.2) is 37.1 Å². The minimum atomic E-state index is -0.674. The van der Waals surface area contributed by atoms with Crippen molar-refractivity contribution in [3.63, 3.8) is 0 Å². The van der Waals surface area contributed by atoms with E-state index >= 15 is 0 Å². The summed E-state index contributed by atoms with van der Waals surface area (Å²) in [5.41, 5.74) is 1.23. The van der Waals surface area contributed by atoms with E-state index in [0.717, 1.165) is 15.7 Å². The molecule has 34 heavy (non-hydrogen) atoms. The van der Waals surface area contributed by atoms with E-state index in [0.29, 0.717) is 15.6 Å². The van der Waals surface area contributed by atoms with Crippen LogP contribution < -0.4 is 5.56 Å². The third kappa shape index (κ3) is 5.03. The van der Waals surface area contributed by atoms with E-state index in [2.05, 4.69) is 6.58 Å².